The molecule has 4 rings (SSSR count). The SMILES string of the molecule is CCc1cc([C@@H](Nc2ccc(C(=N)N)cc2)C(=O)NS(=O)(=O)c2cn(C)cn2)cc2c(C)coc12. The van der Waals surface area contributed by atoms with Gasteiger partial charge >= 0.3 is 0 Å². The molecule has 5 N–H and O–H groups in total. The van der Waals surface area contributed by atoms with Gasteiger partial charge in [-0.05, 0) is 66.4 Å². The second-order valence-electron chi connectivity index (χ2n) is 8.24. The van der Waals surface area contributed by atoms with Crippen LogP contribution in [0.2, 0.25) is 0 Å². The lowest BCUT2D eigenvalue weighted by Crippen LogP contribution is -2.37. The third-order valence-corrected chi connectivity index (χ3v) is 6.87. The van der Waals surface area contributed by atoms with Gasteiger partial charge in [0.25, 0.3) is 15.9 Å². The van der Waals surface area contributed by atoms with Crippen LogP contribution in [0.15, 0.2) is 64.6 Å². The highest BCUT2D eigenvalue weighted by Gasteiger charge is 2.28. The molecule has 0 unspecified atom stereocenters. The first-order valence-corrected chi connectivity index (χ1v) is 12.3. The zero-order valence-corrected chi connectivity index (χ0v) is 20.3. The Labute approximate surface area is 202 Å². The van der Waals surface area contributed by atoms with Crippen molar-refractivity contribution in [1.29, 1.82) is 5.41 Å². The molecule has 11 heteroatoms. The lowest BCUT2D eigenvalue weighted by atomic mass is 9.98. The van der Waals surface area contributed by atoms with E-state index in [1.165, 1.54) is 17.1 Å². The molecule has 10 nitrogen and oxygen atoms in total. The maximum absolute atomic E-state index is 13.4. The van der Waals surface area contributed by atoms with Crippen molar-refractivity contribution in [3.05, 3.63) is 77.4 Å². The number of furan rings is 1. The molecule has 0 fully saturated rings. The molecule has 0 saturated carbocycles. The normalized spacial score (nSPS) is 12.4. The van der Waals surface area contributed by atoms with E-state index >= 15 is 0 Å². The van der Waals surface area contributed by atoms with Crippen LogP contribution in [-0.4, -0.2) is 29.7 Å². The fourth-order valence-corrected chi connectivity index (χ4v) is 4.75. The van der Waals surface area contributed by atoms with E-state index in [1.807, 2.05) is 26.0 Å². The van der Waals surface area contributed by atoms with Crippen LogP contribution in [0.1, 0.15) is 35.2 Å². The second-order valence-corrected chi connectivity index (χ2v) is 9.87. The summed E-state index contributed by atoms with van der Waals surface area (Å²) in [5, 5.41) is 11.3. The molecular weight excluding hydrogens is 468 g/mol. The maximum atomic E-state index is 13.4. The highest BCUT2D eigenvalue weighted by Crippen LogP contribution is 2.31. The molecule has 182 valence electrons. The van der Waals surface area contributed by atoms with Crippen LogP contribution in [0.5, 0.6) is 0 Å². The van der Waals surface area contributed by atoms with Crippen molar-refractivity contribution in [2.45, 2.75) is 31.3 Å². The van der Waals surface area contributed by atoms with Gasteiger partial charge in [0.15, 0.2) is 5.03 Å². The summed E-state index contributed by atoms with van der Waals surface area (Å²) in [5.41, 5.74) is 9.72. The number of imidazole rings is 1. The first-order chi connectivity index (χ1) is 16.6. The lowest BCUT2D eigenvalue weighted by molar-refractivity contribution is -0.120. The van der Waals surface area contributed by atoms with Gasteiger partial charge in [-0.3, -0.25) is 10.2 Å². The van der Waals surface area contributed by atoms with Crippen LogP contribution in [0.25, 0.3) is 11.0 Å². The number of anilines is 1. The molecule has 35 heavy (non-hydrogen) atoms. The largest absolute Gasteiger partial charge is 0.464 e. The van der Waals surface area contributed by atoms with Gasteiger partial charge in [0.1, 0.15) is 17.5 Å². The van der Waals surface area contributed by atoms with Crippen LogP contribution < -0.4 is 15.8 Å². The Morgan fingerprint density at radius 1 is 1.26 bits per heavy atom. The number of amidine groups is 1. The van der Waals surface area contributed by atoms with Gasteiger partial charge < -0.3 is 20.0 Å². The molecule has 0 bridgehead atoms. The number of carbonyl (C=O) groups excluding carboxylic acids is 1. The minimum atomic E-state index is -4.19. The average Bonchev–Trinajstić information content (AvgIpc) is 3.43. The summed E-state index contributed by atoms with van der Waals surface area (Å²) in [6, 6.07) is 9.23. The number of sulfonamides is 1. The average molecular weight is 495 g/mol. The van der Waals surface area contributed by atoms with Crippen LogP contribution in [0, 0.1) is 12.3 Å². The number of benzene rings is 2. The van der Waals surface area contributed by atoms with Gasteiger partial charge in [0, 0.05) is 29.9 Å². The molecule has 1 amide bonds. The minimum absolute atomic E-state index is 0.0826. The van der Waals surface area contributed by atoms with E-state index in [4.69, 9.17) is 15.6 Å². The Kier molecular flexibility index (Phi) is 6.35. The number of rotatable bonds is 8. The van der Waals surface area contributed by atoms with Gasteiger partial charge in [0.05, 0.1) is 12.6 Å². The van der Waals surface area contributed by atoms with E-state index in [0.717, 1.165) is 22.1 Å². The molecule has 0 aliphatic carbocycles. The number of nitrogens with zero attached hydrogens (tertiary/aromatic N) is 2. The predicted molar refractivity (Wildman–Crippen MR) is 133 cm³/mol. The molecule has 0 saturated heterocycles. The van der Waals surface area contributed by atoms with E-state index in [9.17, 15) is 13.2 Å². The molecule has 4 aromatic rings. The molecule has 0 aliphatic heterocycles. The fourth-order valence-electron chi connectivity index (χ4n) is 3.77. The summed E-state index contributed by atoms with van der Waals surface area (Å²) in [4.78, 5) is 17.3. The van der Waals surface area contributed by atoms with Gasteiger partial charge in [0.2, 0.25) is 0 Å². The first kappa shape index (κ1) is 24.0. The minimum Gasteiger partial charge on any atom is -0.464 e. The number of fused-ring (bicyclic) bond motifs is 1. The van der Waals surface area contributed by atoms with E-state index in [-0.39, 0.29) is 10.9 Å². The zero-order valence-electron chi connectivity index (χ0n) is 19.5. The number of nitrogens with one attached hydrogen (secondary N) is 3. The summed E-state index contributed by atoms with van der Waals surface area (Å²) in [6.07, 6.45) is 4.97. The van der Waals surface area contributed by atoms with E-state index in [1.54, 1.807) is 37.6 Å². The van der Waals surface area contributed by atoms with E-state index in [2.05, 4.69) is 15.0 Å². The summed E-state index contributed by atoms with van der Waals surface area (Å²) in [6.45, 7) is 3.88. The van der Waals surface area contributed by atoms with Gasteiger partial charge in [-0.15, -0.1) is 0 Å². The molecule has 2 aromatic carbocycles. The summed E-state index contributed by atoms with van der Waals surface area (Å²) in [7, 11) is -2.56. The highest BCUT2D eigenvalue weighted by atomic mass is 32.2. The maximum Gasteiger partial charge on any atom is 0.283 e. The predicted octanol–water partition coefficient (Wildman–Crippen LogP) is 2.98. The Morgan fingerprint density at radius 2 is 1.97 bits per heavy atom. The van der Waals surface area contributed by atoms with Crippen molar-refractivity contribution < 1.29 is 17.6 Å². The Balaban J connectivity index is 1.76. The third-order valence-electron chi connectivity index (χ3n) is 5.64. The molecular formula is C24H26N6O4S. The van der Waals surface area contributed by atoms with Gasteiger partial charge in [-0.1, -0.05) is 6.92 Å². The van der Waals surface area contributed by atoms with Crippen molar-refractivity contribution >= 4 is 38.4 Å². The number of nitrogen functional groups attached to an aromatic ring is 1. The zero-order chi connectivity index (χ0) is 25.3. The number of aryl methyl sites for hydroxylation is 3. The molecule has 0 radical (unpaired) electrons. The van der Waals surface area contributed by atoms with Crippen molar-refractivity contribution in [3.63, 3.8) is 0 Å². The Bertz CT molecular complexity index is 1520. The van der Waals surface area contributed by atoms with Crippen molar-refractivity contribution in [2.24, 2.45) is 12.8 Å². The lowest BCUT2D eigenvalue weighted by Gasteiger charge is -2.21. The highest BCUT2D eigenvalue weighted by molar-refractivity contribution is 7.90. The Morgan fingerprint density at radius 3 is 2.57 bits per heavy atom. The first-order valence-electron chi connectivity index (χ1n) is 10.8. The number of hydrogen-bond donors (Lipinski definition) is 4. The summed E-state index contributed by atoms with van der Waals surface area (Å²) < 4.78 is 35.0. The van der Waals surface area contributed by atoms with Crippen LogP contribution in [-0.2, 0) is 28.3 Å². The van der Waals surface area contributed by atoms with Gasteiger partial charge in [-0.25, -0.2) is 9.71 Å². The number of nitrogens with two attached hydrogens (primary N) is 1. The topological polar surface area (TPSA) is 156 Å². The third kappa shape index (κ3) is 4.90. The quantitative estimate of drug-likeness (QED) is 0.217. The van der Waals surface area contributed by atoms with E-state index < -0.39 is 22.0 Å². The molecule has 1 atom stereocenters. The van der Waals surface area contributed by atoms with Crippen LogP contribution in [0.3, 0.4) is 0 Å². The number of amides is 1. The van der Waals surface area contributed by atoms with Gasteiger partial charge in [-0.2, -0.15) is 8.42 Å². The van der Waals surface area contributed by atoms with Crippen LogP contribution >= 0.6 is 0 Å². The molecule has 2 heterocycles. The van der Waals surface area contributed by atoms with Crippen molar-refractivity contribution in [1.82, 2.24) is 14.3 Å². The molecule has 0 spiro atoms. The molecule has 0 aliphatic rings. The number of aromatic nitrogens is 2. The fraction of sp³-hybridized carbons (Fsp3) is 0.208. The van der Waals surface area contributed by atoms with Crippen LogP contribution in [0.4, 0.5) is 5.69 Å². The van der Waals surface area contributed by atoms with Crippen molar-refractivity contribution in [2.75, 3.05) is 5.32 Å². The standard InChI is InChI=1S/C24H26N6O4S/c1-4-15-9-17(10-19-14(2)12-34-22(15)19)21(28-18-7-5-16(6-8-18)23(25)26)24(31)29-35(32,33)20-11-30(3)13-27-20/h5-13,21,28H,4H2,1-3H3,(H3,25,26)(H,29,31)/t21-/m1/s1. The monoisotopic (exact) mass is 494 g/mol. The Hall–Kier alpha value is -4.12. The summed E-state index contributed by atoms with van der Waals surface area (Å²) >= 11 is 0. The number of hydrogen-bond acceptors (Lipinski definition) is 7. The smallest absolute Gasteiger partial charge is 0.283 e. The second kappa shape index (κ2) is 9.26. The van der Waals surface area contributed by atoms with E-state index in [0.29, 0.717) is 23.2 Å². The van der Waals surface area contributed by atoms with Crippen molar-refractivity contribution in [3.8, 4) is 0 Å². The number of carbonyl (C=O) groups is 1. The molecule has 2 aromatic heterocycles. The summed E-state index contributed by atoms with van der Waals surface area (Å²) in [5.74, 6) is -0.852.